The fourth-order valence-electron chi connectivity index (χ4n) is 1.92. The molecule has 0 aliphatic carbocycles. The summed E-state index contributed by atoms with van der Waals surface area (Å²) in [7, 11) is 0. The topological polar surface area (TPSA) is 67.4 Å². The van der Waals surface area contributed by atoms with E-state index in [0.29, 0.717) is 6.54 Å². The van der Waals surface area contributed by atoms with Crippen LogP contribution >= 0.6 is 0 Å². The van der Waals surface area contributed by atoms with Crippen molar-refractivity contribution in [2.75, 3.05) is 6.54 Å². The third kappa shape index (κ3) is 8.36. The highest BCUT2D eigenvalue weighted by Crippen LogP contribution is 2.08. The lowest BCUT2D eigenvalue weighted by Crippen LogP contribution is -2.47. The van der Waals surface area contributed by atoms with Gasteiger partial charge in [0, 0.05) is 12.6 Å². The summed E-state index contributed by atoms with van der Waals surface area (Å²) < 4.78 is 5.25. The summed E-state index contributed by atoms with van der Waals surface area (Å²) in [5.41, 5.74) is 0.410. The van der Waals surface area contributed by atoms with Crippen LogP contribution in [-0.2, 0) is 9.53 Å². The number of amides is 2. The molecule has 0 saturated carbocycles. The predicted octanol–water partition coefficient (Wildman–Crippen LogP) is 3.37. The quantitative estimate of drug-likeness (QED) is 0.785. The summed E-state index contributed by atoms with van der Waals surface area (Å²) in [6.45, 7) is 9.74. The van der Waals surface area contributed by atoms with Crippen molar-refractivity contribution < 1.29 is 14.3 Å². The van der Waals surface area contributed by atoms with Crippen molar-refractivity contribution in [2.45, 2.75) is 46.3 Å². The van der Waals surface area contributed by atoms with Crippen LogP contribution < -0.4 is 10.6 Å². The van der Waals surface area contributed by atoms with E-state index < -0.39 is 11.7 Å². The highest BCUT2D eigenvalue weighted by Gasteiger charge is 2.21. The molecule has 0 heterocycles. The molecule has 0 aliphatic rings. The molecule has 1 rings (SSSR count). The van der Waals surface area contributed by atoms with Gasteiger partial charge in [0.1, 0.15) is 5.60 Å². The molecule has 24 heavy (non-hydrogen) atoms. The number of alkyl carbamates (subject to hydrolysis) is 1. The SMILES string of the molecule is CC(C)[C@@H](CNC(=O)/C=C/c1ccccc1)NC(=O)OC(C)(C)C. The molecule has 5 heteroatoms. The van der Waals surface area contributed by atoms with Crippen molar-refractivity contribution in [1.82, 2.24) is 10.6 Å². The number of carbonyl (C=O) groups is 2. The fraction of sp³-hybridized carbons (Fsp3) is 0.474. The van der Waals surface area contributed by atoms with E-state index in [1.54, 1.807) is 6.08 Å². The van der Waals surface area contributed by atoms with Gasteiger partial charge in [-0.3, -0.25) is 4.79 Å². The van der Waals surface area contributed by atoms with Gasteiger partial charge < -0.3 is 15.4 Å². The van der Waals surface area contributed by atoms with E-state index in [9.17, 15) is 9.59 Å². The number of nitrogens with one attached hydrogen (secondary N) is 2. The smallest absolute Gasteiger partial charge is 0.407 e. The van der Waals surface area contributed by atoms with Gasteiger partial charge >= 0.3 is 6.09 Å². The molecule has 1 aromatic carbocycles. The molecule has 132 valence electrons. The van der Waals surface area contributed by atoms with Crippen LogP contribution in [0.4, 0.5) is 4.79 Å². The molecule has 0 unspecified atom stereocenters. The molecule has 0 fully saturated rings. The van der Waals surface area contributed by atoms with Gasteiger partial charge in [-0.2, -0.15) is 0 Å². The maximum Gasteiger partial charge on any atom is 0.407 e. The monoisotopic (exact) mass is 332 g/mol. The van der Waals surface area contributed by atoms with Crippen molar-refractivity contribution >= 4 is 18.1 Å². The van der Waals surface area contributed by atoms with Crippen LogP contribution in [0.2, 0.25) is 0 Å². The van der Waals surface area contributed by atoms with Gasteiger partial charge in [0.25, 0.3) is 0 Å². The largest absolute Gasteiger partial charge is 0.444 e. The molecule has 0 aliphatic heterocycles. The Labute approximate surface area is 144 Å². The highest BCUT2D eigenvalue weighted by molar-refractivity contribution is 5.91. The molecular weight excluding hydrogens is 304 g/mol. The van der Waals surface area contributed by atoms with Crippen molar-refractivity contribution in [2.24, 2.45) is 5.92 Å². The Morgan fingerprint density at radius 1 is 1.17 bits per heavy atom. The second-order valence-electron chi connectivity index (χ2n) is 6.99. The molecule has 0 aromatic heterocycles. The van der Waals surface area contributed by atoms with Crippen LogP contribution in [0.25, 0.3) is 6.08 Å². The third-order valence-corrected chi connectivity index (χ3v) is 3.23. The Morgan fingerprint density at radius 3 is 2.33 bits per heavy atom. The van der Waals surface area contributed by atoms with E-state index in [0.717, 1.165) is 5.56 Å². The first-order valence-corrected chi connectivity index (χ1v) is 8.18. The van der Waals surface area contributed by atoms with Gasteiger partial charge in [-0.25, -0.2) is 4.79 Å². The first-order chi connectivity index (χ1) is 11.2. The fourth-order valence-corrected chi connectivity index (χ4v) is 1.92. The Morgan fingerprint density at radius 2 is 1.79 bits per heavy atom. The number of ether oxygens (including phenoxy) is 1. The van der Waals surface area contributed by atoms with Crippen LogP contribution in [0.1, 0.15) is 40.2 Å². The molecule has 5 nitrogen and oxygen atoms in total. The summed E-state index contributed by atoms with van der Waals surface area (Å²) in [5, 5.41) is 5.61. The second-order valence-corrected chi connectivity index (χ2v) is 6.99. The summed E-state index contributed by atoms with van der Waals surface area (Å²) >= 11 is 0. The van der Waals surface area contributed by atoms with E-state index in [4.69, 9.17) is 4.74 Å². The van der Waals surface area contributed by atoms with Crippen LogP contribution in [0.3, 0.4) is 0 Å². The maximum absolute atomic E-state index is 11.9. The summed E-state index contributed by atoms with van der Waals surface area (Å²) in [4.78, 5) is 23.8. The van der Waals surface area contributed by atoms with Crippen molar-refractivity contribution in [3.05, 3.63) is 42.0 Å². The van der Waals surface area contributed by atoms with E-state index in [1.165, 1.54) is 6.08 Å². The molecule has 0 bridgehead atoms. The van der Waals surface area contributed by atoms with Crippen LogP contribution in [0.15, 0.2) is 36.4 Å². The van der Waals surface area contributed by atoms with E-state index in [-0.39, 0.29) is 17.9 Å². The standard InChI is InChI=1S/C19H28N2O3/c1-14(2)16(21-18(23)24-19(3,4)5)13-20-17(22)12-11-15-9-7-6-8-10-15/h6-12,14,16H,13H2,1-5H3,(H,20,22)(H,21,23)/b12-11+/t16-/m1/s1. The minimum Gasteiger partial charge on any atom is -0.444 e. The van der Waals surface area contributed by atoms with E-state index in [1.807, 2.05) is 65.0 Å². The molecule has 0 spiro atoms. The molecule has 2 N–H and O–H groups in total. The minimum atomic E-state index is -0.548. The lowest BCUT2D eigenvalue weighted by atomic mass is 10.0. The summed E-state index contributed by atoms with van der Waals surface area (Å²) in [6, 6.07) is 9.39. The number of carbonyl (C=O) groups excluding carboxylic acids is 2. The van der Waals surface area contributed by atoms with Crippen molar-refractivity contribution in [3.63, 3.8) is 0 Å². The number of hydrogen-bond acceptors (Lipinski definition) is 3. The molecule has 1 atom stereocenters. The molecule has 0 saturated heterocycles. The van der Waals surface area contributed by atoms with Gasteiger partial charge in [-0.15, -0.1) is 0 Å². The zero-order chi connectivity index (χ0) is 18.2. The first kappa shape index (κ1) is 19.7. The summed E-state index contributed by atoms with van der Waals surface area (Å²) in [6.07, 6.45) is 2.76. The van der Waals surface area contributed by atoms with Crippen LogP contribution in [0, 0.1) is 5.92 Å². The average Bonchev–Trinajstić information content (AvgIpc) is 2.48. The Hall–Kier alpha value is -2.30. The zero-order valence-electron chi connectivity index (χ0n) is 15.1. The first-order valence-electron chi connectivity index (χ1n) is 8.18. The summed E-state index contributed by atoms with van der Waals surface area (Å²) in [5.74, 6) is -0.0357. The molecular formula is C19H28N2O3. The minimum absolute atomic E-state index is 0.163. The molecule has 0 radical (unpaired) electrons. The van der Waals surface area contributed by atoms with E-state index >= 15 is 0 Å². The van der Waals surface area contributed by atoms with Gasteiger partial charge in [-0.1, -0.05) is 44.2 Å². The Balaban J connectivity index is 2.49. The van der Waals surface area contributed by atoms with Crippen LogP contribution in [-0.4, -0.2) is 30.2 Å². The van der Waals surface area contributed by atoms with Gasteiger partial charge in [0.05, 0.1) is 6.04 Å². The second kappa shape index (κ2) is 9.11. The molecule has 2 amide bonds. The van der Waals surface area contributed by atoms with Gasteiger partial charge in [0.2, 0.25) is 5.91 Å². The zero-order valence-corrected chi connectivity index (χ0v) is 15.1. The highest BCUT2D eigenvalue weighted by atomic mass is 16.6. The lowest BCUT2D eigenvalue weighted by Gasteiger charge is -2.25. The van der Waals surface area contributed by atoms with Gasteiger partial charge in [-0.05, 0) is 38.3 Å². The van der Waals surface area contributed by atoms with Crippen LogP contribution in [0.5, 0.6) is 0 Å². The lowest BCUT2D eigenvalue weighted by molar-refractivity contribution is -0.116. The van der Waals surface area contributed by atoms with Crippen molar-refractivity contribution in [3.8, 4) is 0 Å². The number of benzene rings is 1. The Kier molecular flexibility index (Phi) is 7.49. The number of hydrogen-bond donors (Lipinski definition) is 2. The average molecular weight is 332 g/mol. The normalized spacial score (nSPS) is 12.9. The van der Waals surface area contributed by atoms with Crippen molar-refractivity contribution in [1.29, 1.82) is 0 Å². The predicted molar refractivity (Wildman–Crippen MR) is 96.5 cm³/mol. The molecule has 1 aromatic rings. The van der Waals surface area contributed by atoms with Gasteiger partial charge in [0.15, 0.2) is 0 Å². The Bertz CT molecular complexity index is 560. The van der Waals surface area contributed by atoms with E-state index in [2.05, 4.69) is 10.6 Å². The maximum atomic E-state index is 11.9. The third-order valence-electron chi connectivity index (χ3n) is 3.23. The number of rotatable bonds is 6.